The minimum atomic E-state index is -1.03. The first-order valence-electron chi connectivity index (χ1n) is 13.4. The summed E-state index contributed by atoms with van der Waals surface area (Å²) in [5.41, 5.74) is 6.61. The maximum Gasteiger partial charge on any atom is 0.508 e. The van der Waals surface area contributed by atoms with Gasteiger partial charge in [0.15, 0.2) is 11.5 Å². The highest BCUT2D eigenvalue weighted by Crippen LogP contribution is 2.30. The Kier molecular flexibility index (Phi) is 15.7. The van der Waals surface area contributed by atoms with E-state index >= 15 is 0 Å². The van der Waals surface area contributed by atoms with Crippen molar-refractivity contribution in [2.24, 2.45) is 5.73 Å². The molecule has 38 heavy (non-hydrogen) atoms. The summed E-state index contributed by atoms with van der Waals surface area (Å²) >= 11 is 0. The molecule has 0 spiro atoms. The Morgan fingerprint density at radius 3 is 1.95 bits per heavy atom. The highest BCUT2D eigenvalue weighted by atomic mass is 16.7. The zero-order valence-corrected chi connectivity index (χ0v) is 23.3. The lowest BCUT2D eigenvalue weighted by atomic mass is 10.1. The number of carbonyl (C=O) groups is 4. The van der Waals surface area contributed by atoms with Gasteiger partial charge in [-0.1, -0.05) is 45.6 Å². The van der Waals surface area contributed by atoms with E-state index in [2.05, 4.69) is 0 Å². The molecular formula is C28H43NO9. The van der Waals surface area contributed by atoms with Crippen LogP contribution in [0.25, 0.3) is 0 Å². The second kappa shape index (κ2) is 18.2. The predicted octanol–water partition coefficient (Wildman–Crippen LogP) is 5.02. The number of hydrogen-bond acceptors (Lipinski definition) is 10. The highest BCUT2D eigenvalue weighted by Gasteiger charge is 2.21. The van der Waals surface area contributed by atoms with Crippen molar-refractivity contribution < 1.29 is 42.9 Å². The largest absolute Gasteiger partial charge is 0.508 e. The molecule has 0 aromatic heterocycles. The number of esters is 3. The van der Waals surface area contributed by atoms with Gasteiger partial charge in [-0.15, -0.1) is 0 Å². The van der Waals surface area contributed by atoms with Crippen LogP contribution in [0.4, 0.5) is 4.79 Å². The Hall–Kier alpha value is -3.14. The number of benzene rings is 1. The van der Waals surface area contributed by atoms with Gasteiger partial charge in [0.2, 0.25) is 0 Å². The van der Waals surface area contributed by atoms with Crippen molar-refractivity contribution in [3.05, 3.63) is 23.8 Å². The van der Waals surface area contributed by atoms with E-state index in [0.717, 1.165) is 25.7 Å². The van der Waals surface area contributed by atoms with Crippen LogP contribution in [0.15, 0.2) is 18.2 Å². The summed E-state index contributed by atoms with van der Waals surface area (Å²) < 4.78 is 26.0. The van der Waals surface area contributed by atoms with Gasteiger partial charge in [-0.3, -0.25) is 14.4 Å². The van der Waals surface area contributed by atoms with Gasteiger partial charge in [0.1, 0.15) is 18.8 Å². The SMILES string of the molecule is CCCCCC(=O)Oc1ccc(C[C@H](N)C(=O)OC[C@H](C)OC(=O)OC(C)C)cc1OC(=O)CCCCC. The van der Waals surface area contributed by atoms with E-state index in [0.29, 0.717) is 18.4 Å². The molecule has 10 nitrogen and oxygen atoms in total. The van der Waals surface area contributed by atoms with Crippen LogP contribution < -0.4 is 15.2 Å². The van der Waals surface area contributed by atoms with Crippen molar-refractivity contribution in [2.45, 2.75) is 111 Å². The molecule has 0 aliphatic carbocycles. The molecule has 1 aromatic carbocycles. The van der Waals surface area contributed by atoms with E-state index in [1.165, 1.54) is 12.1 Å². The molecule has 1 aromatic rings. The van der Waals surface area contributed by atoms with E-state index in [1.807, 2.05) is 13.8 Å². The zero-order valence-electron chi connectivity index (χ0n) is 23.3. The fourth-order valence-electron chi connectivity index (χ4n) is 3.29. The Labute approximate surface area is 225 Å². The summed E-state index contributed by atoms with van der Waals surface area (Å²) in [5.74, 6) is -1.31. The predicted molar refractivity (Wildman–Crippen MR) is 141 cm³/mol. The average molecular weight is 538 g/mol. The van der Waals surface area contributed by atoms with E-state index in [4.69, 9.17) is 29.4 Å². The van der Waals surface area contributed by atoms with Gasteiger partial charge in [-0.25, -0.2) is 4.79 Å². The van der Waals surface area contributed by atoms with Crippen molar-refractivity contribution in [1.82, 2.24) is 0 Å². The van der Waals surface area contributed by atoms with Crippen LogP contribution >= 0.6 is 0 Å². The number of hydrogen-bond donors (Lipinski definition) is 1. The Bertz CT molecular complexity index is 900. The van der Waals surface area contributed by atoms with Crippen LogP contribution in [-0.2, 0) is 35.0 Å². The van der Waals surface area contributed by atoms with Crippen LogP contribution in [0.5, 0.6) is 11.5 Å². The summed E-state index contributed by atoms with van der Waals surface area (Å²) in [4.78, 5) is 48.5. The van der Waals surface area contributed by atoms with Gasteiger partial charge >= 0.3 is 24.1 Å². The molecule has 0 saturated heterocycles. The third-order valence-electron chi connectivity index (χ3n) is 5.27. The first-order chi connectivity index (χ1) is 18.0. The van der Waals surface area contributed by atoms with E-state index < -0.39 is 36.2 Å². The standard InChI is InChI=1S/C28H43NO9/c1-6-8-10-12-25(30)37-23-15-14-21(17-24(23)38-26(31)13-11-9-7-2)16-22(29)27(32)34-18-20(5)36-28(33)35-19(3)4/h14-15,17,19-20,22H,6-13,16,18,29H2,1-5H3/t20-,22-/m0/s1. The monoisotopic (exact) mass is 537 g/mol. The van der Waals surface area contributed by atoms with Gasteiger partial charge in [-0.05, 0) is 57.7 Å². The van der Waals surface area contributed by atoms with Crippen LogP contribution in [0.3, 0.4) is 0 Å². The molecule has 0 fully saturated rings. The lowest BCUT2D eigenvalue weighted by Gasteiger charge is -2.17. The van der Waals surface area contributed by atoms with Crippen molar-refractivity contribution in [2.75, 3.05) is 6.61 Å². The van der Waals surface area contributed by atoms with Gasteiger partial charge in [0, 0.05) is 12.8 Å². The Morgan fingerprint density at radius 2 is 1.39 bits per heavy atom. The molecule has 0 heterocycles. The van der Waals surface area contributed by atoms with E-state index in [9.17, 15) is 19.2 Å². The molecule has 2 N–H and O–H groups in total. The molecular weight excluding hydrogens is 494 g/mol. The summed E-state index contributed by atoms with van der Waals surface area (Å²) in [7, 11) is 0. The maximum absolute atomic E-state index is 12.4. The van der Waals surface area contributed by atoms with E-state index in [1.54, 1.807) is 26.8 Å². The second-order valence-electron chi connectivity index (χ2n) is 9.43. The molecule has 0 bridgehead atoms. The molecule has 214 valence electrons. The van der Waals surface area contributed by atoms with Gasteiger partial charge in [0.05, 0.1) is 6.10 Å². The molecule has 0 unspecified atom stereocenters. The first kappa shape index (κ1) is 32.9. The average Bonchev–Trinajstić information content (AvgIpc) is 2.83. The third kappa shape index (κ3) is 14.0. The summed E-state index contributed by atoms with van der Waals surface area (Å²) in [6, 6.07) is 3.67. The molecule has 2 atom stereocenters. The number of rotatable bonds is 17. The number of carbonyl (C=O) groups excluding carboxylic acids is 4. The van der Waals surface area contributed by atoms with Crippen molar-refractivity contribution in [1.29, 1.82) is 0 Å². The molecule has 0 amide bonds. The second-order valence-corrected chi connectivity index (χ2v) is 9.43. The molecule has 10 heteroatoms. The molecule has 0 radical (unpaired) electrons. The van der Waals surface area contributed by atoms with Crippen LogP contribution in [-0.4, -0.2) is 48.9 Å². The quantitative estimate of drug-likeness (QED) is 0.164. The summed E-state index contributed by atoms with van der Waals surface area (Å²) in [6.45, 7) is 8.82. The van der Waals surface area contributed by atoms with Crippen molar-refractivity contribution in [3.63, 3.8) is 0 Å². The van der Waals surface area contributed by atoms with Crippen molar-refractivity contribution >= 4 is 24.1 Å². The Morgan fingerprint density at radius 1 is 0.816 bits per heavy atom. The fourth-order valence-corrected chi connectivity index (χ4v) is 3.29. The molecule has 1 rings (SSSR count). The summed E-state index contributed by atoms with van der Waals surface area (Å²) in [6.07, 6.45) is 3.81. The highest BCUT2D eigenvalue weighted by molar-refractivity contribution is 5.77. The maximum atomic E-state index is 12.4. The molecule has 0 saturated carbocycles. The molecule has 0 aliphatic rings. The fraction of sp³-hybridized carbons (Fsp3) is 0.643. The molecule has 0 aliphatic heterocycles. The first-order valence-corrected chi connectivity index (χ1v) is 13.4. The normalized spacial score (nSPS) is 12.4. The topological polar surface area (TPSA) is 140 Å². The smallest absolute Gasteiger partial charge is 0.461 e. The van der Waals surface area contributed by atoms with E-state index in [-0.39, 0.29) is 43.5 Å². The lowest BCUT2D eigenvalue weighted by Crippen LogP contribution is -2.36. The minimum Gasteiger partial charge on any atom is -0.461 e. The number of nitrogens with two attached hydrogens (primary N) is 1. The zero-order chi connectivity index (χ0) is 28.5. The van der Waals surface area contributed by atoms with Crippen LogP contribution in [0.1, 0.15) is 91.5 Å². The van der Waals surface area contributed by atoms with Gasteiger partial charge < -0.3 is 29.4 Å². The van der Waals surface area contributed by atoms with Crippen LogP contribution in [0.2, 0.25) is 0 Å². The summed E-state index contributed by atoms with van der Waals surface area (Å²) in [5, 5.41) is 0. The minimum absolute atomic E-state index is 0.0780. The van der Waals surface area contributed by atoms with Gasteiger partial charge in [-0.2, -0.15) is 0 Å². The van der Waals surface area contributed by atoms with Gasteiger partial charge in [0.25, 0.3) is 0 Å². The van der Waals surface area contributed by atoms with Crippen molar-refractivity contribution in [3.8, 4) is 11.5 Å². The Balaban J connectivity index is 2.82. The third-order valence-corrected chi connectivity index (χ3v) is 5.27. The van der Waals surface area contributed by atoms with Crippen LogP contribution in [0, 0.1) is 0 Å². The lowest BCUT2D eigenvalue weighted by molar-refractivity contribution is -0.148. The number of unbranched alkanes of at least 4 members (excludes halogenated alkanes) is 4. The number of ether oxygens (including phenoxy) is 5.